The number of hydrogen-bond acceptors (Lipinski definition) is 13. The molecule has 5 atom stereocenters. The Morgan fingerprint density at radius 1 is 0.971 bits per heavy atom. The van der Waals surface area contributed by atoms with Gasteiger partial charge in [0.25, 0.3) is 5.79 Å². The third-order valence-electron chi connectivity index (χ3n) is 5.56. The number of phenolic OH excluding ortho intramolecular Hbond substituents is 4. The minimum Gasteiger partial charge on any atom is -0.508 e. The maximum absolute atomic E-state index is 13.4. The Morgan fingerprint density at radius 3 is 2.31 bits per heavy atom. The van der Waals surface area contributed by atoms with Crippen LogP contribution in [0, 0.1) is 0 Å². The van der Waals surface area contributed by atoms with Gasteiger partial charge in [0.05, 0.1) is 6.61 Å². The number of hydrogen-bond donors (Lipinski definition) is 8. The van der Waals surface area contributed by atoms with Crippen LogP contribution in [0.15, 0.2) is 39.5 Å². The number of rotatable bonds is 5. The lowest BCUT2D eigenvalue weighted by molar-refractivity contribution is -0.316. The minimum atomic E-state index is -2.84. The lowest BCUT2D eigenvalue weighted by atomic mass is 9.93. The molecule has 1 aliphatic rings. The molecule has 2 aromatic carbocycles. The van der Waals surface area contributed by atoms with Gasteiger partial charge in [0.1, 0.15) is 40.8 Å². The van der Waals surface area contributed by atoms with Crippen molar-refractivity contribution in [3.8, 4) is 40.1 Å². The molecule has 0 aliphatic carbocycles. The zero-order valence-corrected chi connectivity index (χ0v) is 17.6. The zero-order chi connectivity index (χ0) is 25.7. The molecule has 0 saturated carbocycles. The first kappa shape index (κ1) is 24.3. The van der Waals surface area contributed by atoms with Crippen molar-refractivity contribution in [3.63, 3.8) is 0 Å². The van der Waals surface area contributed by atoms with Crippen molar-refractivity contribution in [2.24, 2.45) is 0 Å². The normalized spacial score (nSPS) is 26.5. The van der Waals surface area contributed by atoms with Crippen molar-refractivity contribution >= 4 is 17.3 Å². The highest BCUT2D eigenvalue weighted by Crippen LogP contribution is 2.40. The van der Waals surface area contributed by atoms with Crippen LogP contribution in [0.25, 0.3) is 22.3 Å². The Morgan fingerprint density at radius 2 is 1.69 bits per heavy atom. The van der Waals surface area contributed by atoms with E-state index in [0.29, 0.717) is 0 Å². The van der Waals surface area contributed by atoms with E-state index < -0.39 is 82.1 Å². The van der Waals surface area contributed by atoms with Gasteiger partial charge in [0, 0.05) is 17.7 Å². The molecule has 0 radical (unpaired) electrons. The van der Waals surface area contributed by atoms with Gasteiger partial charge in [-0.25, -0.2) is 0 Å². The molecule has 1 aromatic heterocycles. The van der Waals surface area contributed by atoms with E-state index in [1.165, 1.54) is 6.07 Å². The van der Waals surface area contributed by atoms with Crippen molar-refractivity contribution in [1.82, 2.24) is 0 Å². The average Bonchev–Trinajstić information content (AvgIpc) is 2.82. The van der Waals surface area contributed by atoms with Gasteiger partial charge in [0.2, 0.25) is 11.2 Å². The van der Waals surface area contributed by atoms with E-state index in [1.54, 1.807) is 0 Å². The molecule has 0 amide bonds. The van der Waals surface area contributed by atoms with Gasteiger partial charge in [-0.05, 0) is 18.2 Å². The maximum atomic E-state index is 13.4. The smallest absolute Gasteiger partial charge is 0.297 e. The van der Waals surface area contributed by atoms with Gasteiger partial charge in [-0.1, -0.05) is 0 Å². The Labute approximate surface area is 194 Å². The molecule has 3 aromatic rings. The zero-order valence-electron chi connectivity index (χ0n) is 17.6. The van der Waals surface area contributed by atoms with Crippen molar-refractivity contribution in [3.05, 3.63) is 40.6 Å². The summed E-state index contributed by atoms with van der Waals surface area (Å²) in [7, 11) is 0. The first-order valence-corrected chi connectivity index (χ1v) is 10.1. The summed E-state index contributed by atoms with van der Waals surface area (Å²) >= 11 is 0. The van der Waals surface area contributed by atoms with Crippen LogP contribution in [0.3, 0.4) is 0 Å². The molecule has 13 nitrogen and oxygen atoms in total. The predicted octanol–water partition coefficient (Wildman–Crippen LogP) is -0.970. The number of phenols is 4. The molecule has 1 aliphatic heterocycles. The second-order valence-electron chi connectivity index (χ2n) is 7.84. The molecule has 0 bridgehead atoms. The fourth-order valence-electron chi connectivity index (χ4n) is 3.75. The Balaban J connectivity index is 1.99. The summed E-state index contributed by atoms with van der Waals surface area (Å²) in [5, 5.41) is 79.2. The lowest BCUT2D eigenvalue weighted by Crippen LogP contribution is -2.68. The van der Waals surface area contributed by atoms with Gasteiger partial charge in [-0.3, -0.25) is 9.59 Å². The van der Waals surface area contributed by atoms with E-state index in [1.807, 2.05) is 0 Å². The highest BCUT2D eigenvalue weighted by atomic mass is 16.7. The first-order valence-electron chi connectivity index (χ1n) is 10.1. The third-order valence-corrected chi connectivity index (χ3v) is 5.56. The third kappa shape index (κ3) is 3.90. The van der Waals surface area contributed by atoms with Crippen molar-refractivity contribution < 1.29 is 59.5 Å². The molecular weight excluding hydrogens is 472 g/mol. The van der Waals surface area contributed by atoms with E-state index in [4.69, 9.17) is 13.9 Å². The minimum absolute atomic E-state index is 0.0947. The average molecular weight is 492 g/mol. The van der Waals surface area contributed by atoms with Crippen LogP contribution in [0.4, 0.5) is 0 Å². The van der Waals surface area contributed by atoms with Crippen LogP contribution < -0.4 is 10.2 Å². The number of aliphatic hydroxyl groups is 4. The first-order chi connectivity index (χ1) is 16.5. The van der Waals surface area contributed by atoms with Crippen LogP contribution in [0.1, 0.15) is 0 Å². The molecule has 0 spiro atoms. The van der Waals surface area contributed by atoms with E-state index in [2.05, 4.69) is 0 Å². The summed E-state index contributed by atoms with van der Waals surface area (Å²) in [6.45, 7) is -0.908. The van der Waals surface area contributed by atoms with Crippen LogP contribution in [0.5, 0.6) is 28.7 Å². The van der Waals surface area contributed by atoms with Crippen LogP contribution in [-0.4, -0.2) is 83.9 Å². The SMILES string of the molecule is O=C[C@]1(Oc2c(-c3ccc(O)c(O)c3)oc3cc(O)cc(O)c3c2=O)O[C@@H](CO)[C@H](O)[C@@H](O)[C@@H]1O. The van der Waals surface area contributed by atoms with E-state index in [9.17, 15) is 50.4 Å². The van der Waals surface area contributed by atoms with Crippen LogP contribution in [-0.2, 0) is 9.53 Å². The van der Waals surface area contributed by atoms with E-state index >= 15 is 0 Å². The number of benzene rings is 2. The highest BCUT2D eigenvalue weighted by Gasteiger charge is 2.56. The molecule has 1 saturated heterocycles. The number of aliphatic hydroxyl groups excluding tert-OH is 4. The molecule has 8 N–H and O–H groups in total. The number of ether oxygens (including phenoxy) is 2. The van der Waals surface area contributed by atoms with Gasteiger partial charge in [0.15, 0.2) is 29.6 Å². The van der Waals surface area contributed by atoms with Crippen LogP contribution >= 0.6 is 0 Å². The number of carbonyl (C=O) groups excluding carboxylic acids is 1. The van der Waals surface area contributed by atoms with Gasteiger partial charge in [-0.15, -0.1) is 0 Å². The predicted molar refractivity (Wildman–Crippen MR) is 114 cm³/mol. The van der Waals surface area contributed by atoms with Gasteiger partial charge in [-0.2, -0.15) is 0 Å². The molecule has 1 fully saturated rings. The van der Waals surface area contributed by atoms with Gasteiger partial charge < -0.3 is 54.7 Å². The summed E-state index contributed by atoms with van der Waals surface area (Å²) in [4.78, 5) is 25.5. The topological polar surface area (TPSA) is 228 Å². The van der Waals surface area contributed by atoms with Crippen molar-refractivity contribution in [2.45, 2.75) is 30.2 Å². The van der Waals surface area contributed by atoms with E-state index in [-0.39, 0.29) is 17.4 Å². The Kier molecular flexibility index (Phi) is 6.04. The Hall–Kier alpha value is -3.88. The highest BCUT2D eigenvalue weighted by molar-refractivity contribution is 5.88. The summed E-state index contributed by atoms with van der Waals surface area (Å²) in [6.07, 6.45) is -7.85. The maximum Gasteiger partial charge on any atom is 0.297 e. The molecular formula is C22H20O13. The number of aldehydes is 1. The van der Waals surface area contributed by atoms with E-state index in [0.717, 1.165) is 24.3 Å². The van der Waals surface area contributed by atoms with Crippen molar-refractivity contribution in [1.29, 1.82) is 0 Å². The summed E-state index contributed by atoms with van der Waals surface area (Å²) in [6, 6.07) is 5.03. The van der Waals surface area contributed by atoms with Crippen LogP contribution in [0.2, 0.25) is 0 Å². The standard InChI is InChI=1S/C22H20O13/c23-6-14-16(29)18(31)21(32)22(7-24,34-14)35-20-17(30)15-12(28)4-9(25)5-13(15)33-19(20)8-1-2-10(26)11(27)3-8/h1-5,7,14,16,18,21,23,25-29,31-32H,6H2/t14-,16-,18+,21-,22+/m0/s1. The second kappa shape index (κ2) is 8.72. The van der Waals surface area contributed by atoms with Crippen molar-refractivity contribution in [2.75, 3.05) is 6.61 Å². The van der Waals surface area contributed by atoms with Gasteiger partial charge >= 0.3 is 0 Å². The largest absolute Gasteiger partial charge is 0.508 e. The summed E-state index contributed by atoms with van der Waals surface area (Å²) in [5.41, 5.74) is -1.55. The molecule has 2 heterocycles. The number of carbonyl (C=O) groups is 1. The number of aromatic hydroxyl groups is 4. The molecule has 186 valence electrons. The molecule has 35 heavy (non-hydrogen) atoms. The summed E-state index contributed by atoms with van der Waals surface area (Å²) < 4.78 is 16.4. The molecule has 4 rings (SSSR count). The summed E-state index contributed by atoms with van der Waals surface area (Å²) in [5.74, 6) is -6.54. The monoisotopic (exact) mass is 492 g/mol. The fraction of sp³-hybridized carbons (Fsp3) is 0.273. The quantitative estimate of drug-likeness (QED) is 0.159. The lowest BCUT2D eigenvalue weighted by Gasteiger charge is -2.44. The molecule has 0 unspecified atom stereocenters. The second-order valence-corrected chi connectivity index (χ2v) is 7.84. The molecule has 13 heteroatoms. The Bertz CT molecular complexity index is 1350. The fourth-order valence-corrected chi connectivity index (χ4v) is 3.75. The number of fused-ring (bicyclic) bond motifs is 1.